The summed E-state index contributed by atoms with van der Waals surface area (Å²) >= 11 is 6.08. The maximum Gasteiger partial charge on any atom is 0.326 e. The van der Waals surface area contributed by atoms with Crippen LogP contribution in [0.4, 0.5) is 16.2 Å². The molecular formula is C22H24ClN3O2. The summed E-state index contributed by atoms with van der Waals surface area (Å²) in [7, 11) is 0. The van der Waals surface area contributed by atoms with Crippen molar-refractivity contribution in [2.45, 2.75) is 27.3 Å². The Bertz CT molecular complexity index is 1060. The molecule has 0 unspecified atom stereocenters. The molecule has 1 N–H and O–H groups in total. The van der Waals surface area contributed by atoms with Crippen LogP contribution in [-0.2, 0) is 6.54 Å². The predicted molar refractivity (Wildman–Crippen MR) is 117 cm³/mol. The van der Waals surface area contributed by atoms with Crippen LogP contribution in [0.5, 0.6) is 0 Å². The summed E-state index contributed by atoms with van der Waals surface area (Å²) in [5, 5.41) is 4.86. The first kappa shape index (κ1) is 20.0. The number of fused-ring (bicyclic) bond motifs is 1. The zero-order valence-corrected chi connectivity index (χ0v) is 17.0. The Hall–Kier alpha value is -2.79. The fourth-order valence-corrected chi connectivity index (χ4v) is 3.43. The number of carbonyl (C=O) groups excluding carboxylic acids is 1. The van der Waals surface area contributed by atoms with Gasteiger partial charge in [0.15, 0.2) is 0 Å². The van der Waals surface area contributed by atoms with Crippen LogP contribution in [0.2, 0.25) is 5.02 Å². The molecule has 0 radical (unpaired) electrons. The number of nitrogens with zero attached hydrogens (tertiary/aromatic N) is 2. The molecular weight excluding hydrogens is 374 g/mol. The van der Waals surface area contributed by atoms with Gasteiger partial charge in [0.2, 0.25) is 0 Å². The molecule has 1 heterocycles. The normalized spacial score (nSPS) is 11.0. The summed E-state index contributed by atoms with van der Waals surface area (Å²) in [6.07, 6.45) is 1.73. The number of anilines is 2. The van der Waals surface area contributed by atoms with Crippen LogP contribution in [0.25, 0.3) is 10.8 Å². The number of amides is 2. The lowest BCUT2D eigenvalue weighted by molar-refractivity contribution is 0.257. The van der Waals surface area contributed by atoms with Gasteiger partial charge in [0.25, 0.3) is 5.56 Å². The van der Waals surface area contributed by atoms with Gasteiger partial charge in [-0.15, -0.1) is 0 Å². The highest BCUT2D eigenvalue weighted by Crippen LogP contribution is 2.24. The molecule has 0 spiro atoms. The van der Waals surface area contributed by atoms with Crippen LogP contribution in [0.3, 0.4) is 0 Å². The Balaban J connectivity index is 2.02. The van der Waals surface area contributed by atoms with Gasteiger partial charge in [0, 0.05) is 40.8 Å². The van der Waals surface area contributed by atoms with E-state index in [-0.39, 0.29) is 11.6 Å². The third-order valence-corrected chi connectivity index (χ3v) is 4.71. The van der Waals surface area contributed by atoms with Gasteiger partial charge in [-0.2, -0.15) is 0 Å². The zero-order valence-electron chi connectivity index (χ0n) is 16.3. The Morgan fingerprint density at radius 2 is 1.86 bits per heavy atom. The van der Waals surface area contributed by atoms with E-state index in [0.717, 1.165) is 5.39 Å². The minimum Gasteiger partial charge on any atom is -0.313 e. The first-order chi connectivity index (χ1) is 13.4. The smallest absolute Gasteiger partial charge is 0.313 e. The van der Waals surface area contributed by atoms with Crippen molar-refractivity contribution in [2.24, 2.45) is 5.92 Å². The number of aromatic nitrogens is 1. The van der Waals surface area contributed by atoms with E-state index in [2.05, 4.69) is 19.2 Å². The number of hydrogen-bond donors (Lipinski definition) is 1. The second-order valence-electron chi connectivity index (χ2n) is 7.09. The number of benzene rings is 2. The minimum absolute atomic E-state index is 0.0514. The third-order valence-electron chi connectivity index (χ3n) is 4.48. The van der Waals surface area contributed by atoms with E-state index in [1.165, 1.54) is 0 Å². The average molecular weight is 398 g/mol. The molecule has 2 amide bonds. The molecule has 0 aliphatic rings. The van der Waals surface area contributed by atoms with E-state index in [4.69, 9.17) is 11.6 Å². The summed E-state index contributed by atoms with van der Waals surface area (Å²) in [6.45, 7) is 7.07. The molecule has 0 saturated heterocycles. The van der Waals surface area contributed by atoms with Crippen molar-refractivity contribution in [1.82, 2.24) is 4.57 Å². The van der Waals surface area contributed by atoms with Crippen molar-refractivity contribution in [3.8, 4) is 0 Å². The SMILES string of the molecule is CCN(C(=O)Nc1cn(CC(C)C)c(=O)c2ccccc12)c1cccc(Cl)c1. The molecule has 0 aliphatic heterocycles. The van der Waals surface area contributed by atoms with Crippen molar-refractivity contribution >= 4 is 39.8 Å². The van der Waals surface area contributed by atoms with Gasteiger partial charge in [-0.3, -0.25) is 9.69 Å². The molecule has 0 saturated carbocycles. The number of pyridine rings is 1. The second-order valence-corrected chi connectivity index (χ2v) is 7.53. The summed E-state index contributed by atoms with van der Waals surface area (Å²) in [4.78, 5) is 27.4. The van der Waals surface area contributed by atoms with Crippen molar-refractivity contribution in [3.63, 3.8) is 0 Å². The number of urea groups is 1. The van der Waals surface area contributed by atoms with Crippen LogP contribution >= 0.6 is 11.6 Å². The fraction of sp³-hybridized carbons (Fsp3) is 0.273. The number of hydrogen-bond acceptors (Lipinski definition) is 2. The summed E-state index contributed by atoms with van der Waals surface area (Å²) in [5.41, 5.74) is 1.28. The number of rotatable bonds is 5. The maximum absolute atomic E-state index is 13.0. The van der Waals surface area contributed by atoms with Crippen molar-refractivity contribution in [1.29, 1.82) is 0 Å². The third kappa shape index (κ3) is 4.20. The van der Waals surface area contributed by atoms with Crippen molar-refractivity contribution < 1.29 is 4.79 Å². The van der Waals surface area contributed by atoms with Crippen LogP contribution in [0.1, 0.15) is 20.8 Å². The lowest BCUT2D eigenvalue weighted by Crippen LogP contribution is -2.35. The molecule has 0 aliphatic carbocycles. The first-order valence-electron chi connectivity index (χ1n) is 9.37. The Morgan fingerprint density at radius 3 is 2.50 bits per heavy atom. The molecule has 146 valence electrons. The van der Waals surface area contributed by atoms with E-state index < -0.39 is 0 Å². The lowest BCUT2D eigenvalue weighted by atomic mass is 10.1. The maximum atomic E-state index is 13.0. The van der Waals surface area contributed by atoms with Crippen LogP contribution in [0, 0.1) is 5.92 Å². The molecule has 28 heavy (non-hydrogen) atoms. The molecule has 0 fully saturated rings. The molecule has 0 atom stereocenters. The topological polar surface area (TPSA) is 54.3 Å². The van der Waals surface area contributed by atoms with Gasteiger partial charge in [-0.05, 0) is 37.1 Å². The number of carbonyl (C=O) groups is 1. The molecule has 0 bridgehead atoms. The molecule has 6 heteroatoms. The van der Waals surface area contributed by atoms with E-state index in [9.17, 15) is 9.59 Å². The Kier molecular flexibility index (Phi) is 6.05. The summed E-state index contributed by atoms with van der Waals surface area (Å²) in [5.74, 6) is 0.306. The van der Waals surface area contributed by atoms with Gasteiger partial charge < -0.3 is 9.88 Å². The van der Waals surface area contributed by atoms with Gasteiger partial charge >= 0.3 is 6.03 Å². The van der Waals surface area contributed by atoms with E-state index in [0.29, 0.717) is 40.8 Å². The highest BCUT2D eigenvalue weighted by Gasteiger charge is 2.17. The van der Waals surface area contributed by atoms with Gasteiger partial charge in [-0.1, -0.05) is 49.7 Å². The molecule has 1 aromatic heterocycles. The highest BCUT2D eigenvalue weighted by atomic mass is 35.5. The molecule has 2 aromatic carbocycles. The standard InChI is InChI=1S/C22H24ClN3O2/c1-4-26(17-9-7-8-16(23)12-17)22(28)24-20-14-25(13-15(2)3)21(27)19-11-6-5-10-18(19)20/h5-12,14-15H,4,13H2,1-3H3,(H,24,28). The Labute approximate surface area is 169 Å². The van der Waals surface area contributed by atoms with Gasteiger partial charge in [0.1, 0.15) is 0 Å². The lowest BCUT2D eigenvalue weighted by Gasteiger charge is -2.23. The number of nitrogens with one attached hydrogen (secondary N) is 1. The zero-order chi connectivity index (χ0) is 20.3. The summed E-state index contributed by atoms with van der Waals surface area (Å²) in [6, 6.07) is 14.2. The van der Waals surface area contributed by atoms with Crippen LogP contribution < -0.4 is 15.8 Å². The minimum atomic E-state index is -0.273. The Morgan fingerprint density at radius 1 is 1.14 bits per heavy atom. The van der Waals surface area contributed by atoms with Gasteiger partial charge in [-0.25, -0.2) is 4.79 Å². The van der Waals surface area contributed by atoms with E-state index in [1.807, 2.05) is 37.3 Å². The fourth-order valence-electron chi connectivity index (χ4n) is 3.24. The van der Waals surface area contributed by atoms with Crippen molar-refractivity contribution in [3.05, 3.63) is 70.1 Å². The van der Waals surface area contributed by atoms with Gasteiger partial charge in [0.05, 0.1) is 5.69 Å². The monoisotopic (exact) mass is 397 g/mol. The molecule has 3 rings (SSSR count). The largest absolute Gasteiger partial charge is 0.326 e. The average Bonchev–Trinajstić information content (AvgIpc) is 2.66. The second kappa shape index (κ2) is 8.48. The highest BCUT2D eigenvalue weighted by molar-refractivity contribution is 6.31. The van der Waals surface area contributed by atoms with E-state index in [1.54, 1.807) is 33.9 Å². The quantitative estimate of drug-likeness (QED) is 0.629. The molecule has 5 nitrogen and oxygen atoms in total. The predicted octanol–water partition coefficient (Wildman–Crippen LogP) is 5.37. The summed E-state index contributed by atoms with van der Waals surface area (Å²) < 4.78 is 1.66. The van der Waals surface area contributed by atoms with E-state index >= 15 is 0 Å². The van der Waals surface area contributed by atoms with Crippen molar-refractivity contribution in [2.75, 3.05) is 16.8 Å². The first-order valence-corrected chi connectivity index (χ1v) is 9.74. The molecule has 3 aromatic rings. The van der Waals surface area contributed by atoms with Crippen LogP contribution in [0.15, 0.2) is 59.5 Å². The number of halogens is 1. The van der Waals surface area contributed by atoms with Crippen LogP contribution in [-0.4, -0.2) is 17.1 Å².